The number of benzene rings is 2. The number of terminal acetylenes is 1. The number of alkyl carbamates (subject to hydrolysis) is 1. The van der Waals surface area contributed by atoms with Gasteiger partial charge in [-0.05, 0) is 47.4 Å². The Morgan fingerprint density at radius 2 is 1.71 bits per heavy atom. The number of carbonyl (C=O) groups is 3. The average molecular weight is 461 g/mol. The van der Waals surface area contributed by atoms with E-state index in [1.54, 1.807) is 0 Å². The quantitative estimate of drug-likeness (QED) is 0.587. The van der Waals surface area contributed by atoms with Crippen molar-refractivity contribution in [1.29, 1.82) is 0 Å². The third-order valence-electron chi connectivity index (χ3n) is 6.63. The number of carboxylic acid groups (broad SMARTS) is 1. The van der Waals surface area contributed by atoms with Crippen LogP contribution >= 0.6 is 0 Å². The zero-order chi connectivity index (χ0) is 24.1. The molecule has 176 valence electrons. The fourth-order valence-electron chi connectivity index (χ4n) is 5.08. The van der Waals surface area contributed by atoms with Crippen LogP contribution in [0.3, 0.4) is 0 Å². The smallest absolute Gasteiger partial charge is 0.407 e. The third-order valence-corrected chi connectivity index (χ3v) is 6.63. The number of carboxylic acids is 1. The van der Waals surface area contributed by atoms with Gasteiger partial charge in [-0.15, -0.1) is 6.42 Å². The van der Waals surface area contributed by atoms with Gasteiger partial charge in [-0.2, -0.15) is 0 Å². The largest absolute Gasteiger partial charge is 0.480 e. The molecule has 34 heavy (non-hydrogen) atoms. The second-order valence-corrected chi connectivity index (χ2v) is 8.90. The molecule has 1 saturated carbocycles. The van der Waals surface area contributed by atoms with Crippen LogP contribution in [0.2, 0.25) is 0 Å². The van der Waals surface area contributed by atoms with Crippen LogP contribution in [0.5, 0.6) is 0 Å². The molecule has 7 heteroatoms. The predicted octanol–water partition coefficient (Wildman–Crippen LogP) is 3.63. The first-order valence-corrected chi connectivity index (χ1v) is 11.5. The first kappa shape index (κ1) is 23.4. The average Bonchev–Trinajstić information content (AvgIpc) is 3.39. The van der Waals surface area contributed by atoms with Crippen molar-refractivity contribution in [3.05, 3.63) is 59.7 Å². The van der Waals surface area contributed by atoms with Gasteiger partial charge in [0.05, 0.1) is 6.54 Å². The minimum atomic E-state index is -1.09. The standard InChI is InChI=1S/C27H28N2O5/c1-2-13-29(16-26(31)32)25(30)15-18-11-12-19(14-18)28-27(33)34-17-24-22-9-5-3-7-20(22)21-8-4-6-10-23(21)24/h1,3-10,18-19,24H,11-17H2,(H,28,33)(H,31,32)/t18-,19+/m1/s1. The van der Waals surface area contributed by atoms with Crippen molar-refractivity contribution in [2.45, 2.75) is 37.6 Å². The van der Waals surface area contributed by atoms with Gasteiger partial charge >= 0.3 is 12.1 Å². The molecule has 0 aromatic heterocycles. The lowest BCUT2D eigenvalue weighted by molar-refractivity contribution is -0.144. The minimum Gasteiger partial charge on any atom is -0.480 e. The van der Waals surface area contributed by atoms with Gasteiger partial charge < -0.3 is 20.1 Å². The van der Waals surface area contributed by atoms with Crippen LogP contribution in [0, 0.1) is 18.3 Å². The van der Waals surface area contributed by atoms with E-state index >= 15 is 0 Å². The molecule has 2 N–H and O–H groups in total. The predicted molar refractivity (Wildman–Crippen MR) is 127 cm³/mol. The molecule has 2 aliphatic carbocycles. The highest BCUT2D eigenvalue weighted by atomic mass is 16.5. The molecule has 0 aliphatic heterocycles. The van der Waals surface area contributed by atoms with Crippen molar-refractivity contribution in [2.24, 2.45) is 5.92 Å². The second-order valence-electron chi connectivity index (χ2n) is 8.90. The normalized spacial score (nSPS) is 18.4. The van der Waals surface area contributed by atoms with E-state index in [4.69, 9.17) is 16.3 Å². The van der Waals surface area contributed by atoms with Crippen molar-refractivity contribution in [2.75, 3.05) is 19.7 Å². The van der Waals surface area contributed by atoms with Gasteiger partial charge in [0.15, 0.2) is 0 Å². The van der Waals surface area contributed by atoms with Crippen molar-refractivity contribution < 1.29 is 24.2 Å². The molecular formula is C27H28N2O5. The monoisotopic (exact) mass is 460 g/mol. The SMILES string of the molecule is C#CCN(CC(=O)O)C(=O)C[C@@H]1CC[C@H](NC(=O)OCC2c3ccccc3-c3ccccc32)C1. The van der Waals surface area contributed by atoms with Gasteiger partial charge in [-0.25, -0.2) is 4.79 Å². The maximum Gasteiger partial charge on any atom is 0.407 e. The topological polar surface area (TPSA) is 95.9 Å². The number of nitrogens with zero attached hydrogens (tertiary/aromatic N) is 1. The van der Waals surface area contributed by atoms with E-state index in [2.05, 4.69) is 35.5 Å². The number of aliphatic carboxylic acids is 1. The summed E-state index contributed by atoms with van der Waals surface area (Å²) in [5.41, 5.74) is 4.68. The van der Waals surface area contributed by atoms with Crippen LogP contribution in [-0.2, 0) is 14.3 Å². The molecule has 2 atom stereocenters. The Hall–Kier alpha value is -3.79. The summed E-state index contributed by atoms with van der Waals surface area (Å²) in [4.78, 5) is 37.1. The Morgan fingerprint density at radius 3 is 2.32 bits per heavy atom. The second kappa shape index (κ2) is 10.4. The number of ether oxygens (including phenoxy) is 1. The van der Waals surface area contributed by atoms with Crippen molar-refractivity contribution in [3.8, 4) is 23.5 Å². The highest BCUT2D eigenvalue weighted by Crippen LogP contribution is 2.44. The number of hydrogen-bond acceptors (Lipinski definition) is 4. The minimum absolute atomic E-state index is 0.00321. The van der Waals surface area contributed by atoms with E-state index in [-0.39, 0.29) is 43.4 Å². The fourth-order valence-corrected chi connectivity index (χ4v) is 5.08. The van der Waals surface area contributed by atoms with Gasteiger partial charge in [-0.1, -0.05) is 54.5 Å². The molecule has 1 fully saturated rings. The molecule has 2 aromatic carbocycles. The van der Waals surface area contributed by atoms with E-state index in [1.807, 2.05) is 24.3 Å². The number of hydrogen-bond donors (Lipinski definition) is 2. The zero-order valence-corrected chi connectivity index (χ0v) is 18.9. The number of rotatable bonds is 8. The molecule has 7 nitrogen and oxygen atoms in total. The molecule has 0 saturated heterocycles. The summed E-state index contributed by atoms with van der Waals surface area (Å²) >= 11 is 0. The van der Waals surface area contributed by atoms with Crippen LogP contribution in [-0.4, -0.2) is 53.7 Å². The number of carbonyl (C=O) groups excluding carboxylic acids is 2. The van der Waals surface area contributed by atoms with Gasteiger partial charge in [0.1, 0.15) is 13.2 Å². The lowest BCUT2D eigenvalue weighted by Gasteiger charge is -2.20. The van der Waals surface area contributed by atoms with E-state index in [0.29, 0.717) is 6.42 Å². The molecular weight excluding hydrogens is 432 g/mol. The summed E-state index contributed by atoms with van der Waals surface area (Å²) in [6.45, 7) is -0.179. The molecule has 0 spiro atoms. The highest BCUT2D eigenvalue weighted by molar-refractivity contribution is 5.82. The number of fused-ring (bicyclic) bond motifs is 3. The Morgan fingerprint density at radius 1 is 1.06 bits per heavy atom. The Bertz CT molecular complexity index is 1080. The van der Waals surface area contributed by atoms with Crippen molar-refractivity contribution in [3.63, 3.8) is 0 Å². The van der Waals surface area contributed by atoms with Crippen LogP contribution in [0.4, 0.5) is 4.79 Å². The molecule has 0 radical (unpaired) electrons. The maximum atomic E-state index is 12.5. The summed E-state index contributed by atoms with van der Waals surface area (Å²) in [6, 6.07) is 16.3. The van der Waals surface area contributed by atoms with Gasteiger partial charge in [-0.3, -0.25) is 9.59 Å². The number of amides is 2. The van der Waals surface area contributed by atoms with E-state index < -0.39 is 18.6 Å². The molecule has 0 unspecified atom stereocenters. The third kappa shape index (κ3) is 5.23. The van der Waals surface area contributed by atoms with Crippen LogP contribution in [0.1, 0.15) is 42.7 Å². The summed E-state index contributed by atoms with van der Waals surface area (Å²) in [5.74, 6) is 1.04. The summed E-state index contributed by atoms with van der Waals surface area (Å²) in [7, 11) is 0. The van der Waals surface area contributed by atoms with Crippen molar-refractivity contribution in [1.82, 2.24) is 10.2 Å². The first-order chi connectivity index (χ1) is 16.5. The molecule has 2 amide bonds. The molecule has 0 heterocycles. The van der Waals surface area contributed by atoms with Crippen LogP contribution in [0.15, 0.2) is 48.5 Å². The summed E-state index contributed by atoms with van der Waals surface area (Å²) in [6.07, 6.45) is 7.18. The van der Waals surface area contributed by atoms with Gasteiger partial charge in [0.2, 0.25) is 5.91 Å². The highest BCUT2D eigenvalue weighted by Gasteiger charge is 2.31. The Labute approximate surface area is 199 Å². The summed E-state index contributed by atoms with van der Waals surface area (Å²) in [5, 5.41) is 11.9. The first-order valence-electron chi connectivity index (χ1n) is 11.5. The number of nitrogens with one attached hydrogen (secondary N) is 1. The molecule has 4 rings (SSSR count). The lowest BCUT2D eigenvalue weighted by atomic mass is 9.98. The van der Waals surface area contributed by atoms with E-state index in [0.717, 1.165) is 24.0 Å². The summed E-state index contributed by atoms with van der Waals surface area (Å²) < 4.78 is 5.62. The Balaban J connectivity index is 1.28. The van der Waals surface area contributed by atoms with Crippen LogP contribution < -0.4 is 5.32 Å². The molecule has 2 aromatic rings. The fraction of sp³-hybridized carbons (Fsp3) is 0.370. The van der Waals surface area contributed by atoms with E-state index in [9.17, 15) is 14.4 Å². The van der Waals surface area contributed by atoms with Gasteiger partial charge in [0, 0.05) is 18.4 Å². The lowest BCUT2D eigenvalue weighted by Crippen LogP contribution is -2.37. The molecule has 0 bridgehead atoms. The van der Waals surface area contributed by atoms with E-state index in [1.165, 1.54) is 16.0 Å². The van der Waals surface area contributed by atoms with Gasteiger partial charge in [0.25, 0.3) is 0 Å². The van der Waals surface area contributed by atoms with Crippen molar-refractivity contribution >= 4 is 18.0 Å². The maximum absolute atomic E-state index is 12.5. The zero-order valence-electron chi connectivity index (χ0n) is 18.9. The van der Waals surface area contributed by atoms with Crippen LogP contribution in [0.25, 0.3) is 11.1 Å². The Kier molecular flexibility index (Phi) is 7.17. The molecule has 2 aliphatic rings.